The van der Waals surface area contributed by atoms with Crippen molar-refractivity contribution in [1.29, 1.82) is 5.26 Å². The molecule has 1 aromatic heterocycles. The second-order valence-corrected chi connectivity index (χ2v) is 5.53. The highest BCUT2D eigenvalue weighted by molar-refractivity contribution is 5.75. The Morgan fingerprint density at radius 3 is 2.70 bits per heavy atom. The highest BCUT2D eigenvalue weighted by Crippen LogP contribution is 2.19. The van der Waals surface area contributed by atoms with Gasteiger partial charge in [0.25, 0.3) is 0 Å². The predicted molar refractivity (Wildman–Crippen MR) is 90.1 cm³/mol. The third kappa shape index (κ3) is 3.51. The molecule has 0 radical (unpaired) electrons. The summed E-state index contributed by atoms with van der Waals surface area (Å²) >= 11 is 0. The first kappa shape index (κ1) is 15.1. The summed E-state index contributed by atoms with van der Waals surface area (Å²) < 4.78 is 8.03. The van der Waals surface area contributed by atoms with E-state index in [2.05, 4.69) is 28.6 Å². The summed E-state index contributed by atoms with van der Waals surface area (Å²) in [6, 6.07) is 18.3. The molecule has 0 saturated heterocycles. The van der Waals surface area contributed by atoms with Crippen molar-refractivity contribution >= 4 is 11.0 Å². The molecular formula is C19H19N3O. The number of aryl methyl sites for hydroxylation is 2. The van der Waals surface area contributed by atoms with E-state index in [0.717, 1.165) is 35.6 Å². The van der Waals surface area contributed by atoms with Crippen LogP contribution >= 0.6 is 0 Å². The van der Waals surface area contributed by atoms with Gasteiger partial charge in [0.2, 0.25) is 0 Å². The van der Waals surface area contributed by atoms with Crippen LogP contribution in [0.4, 0.5) is 0 Å². The van der Waals surface area contributed by atoms with Gasteiger partial charge < -0.3 is 9.30 Å². The first-order chi connectivity index (χ1) is 11.3. The van der Waals surface area contributed by atoms with Gasteiger partial charge in [-0.2, -0.15) is 5.26 Å². The number of fused-ring (bicyclic) bond motifs is 1. The van der Waals surface area contributed by atoms with Gasteiger partial charge in [0.15, 0.2) is 0 Å². The molecule has 0 amide bonds. The number of hydrogen-bond donors (Lipinski definition) is 0. The molecule has 4 nitrogen and oxygen atoms in total. The fourth-order valence-corrected chi connectivity index (χ4v) is 2.58. The summed E-state index contributed by atoms with van der Waals surface area (Å²) in [6.07, 6.45) is 1.36. The molecule has 3 rings (SSSR count). The third-order valence-corrected chi connectivity index (χ3v) is 3.79. The van der Waals surface area contributed by atoms with Crippen LogP contribution < -0.4 is 4.74 Å². The molecule has 4 heteroatoms. The first-order valence-electron chi connectivity index (χ1n) is 7.78. The highest BCUT2D eigenvalue weighted by Gasteiger charge is 2.10. The average Bonchev–Trinajstić information content (AvgIpc) is 2.93. The molecule has 0 saturated carbocycles. The maximum atomic E-state index is 8.75. The third-order valence-electron chi connectivity index (χ3n) is 3.79. The van der Waals surface area contributed by atoms with Crippen LogP contribution in [0.2, 0.25) is 0 Å². The van der Waals surface area contributed by atoms with Gasteiger partial charge in [0.05, 0.1) is 17.1 Å². The minimum Gasteiger partial charge on any atom is -0.486 e. The summed E-state index contributed by atoms with van der Waals surface area (Å²) in [5.41, 5.74) is 3.26. The van der Waals surface area contributed by atoms with Gasteiger partial charge in [-0.25, -0.2) is 4.98 Å². The lowest BCUT2D eigenvalue weighted by Gasteiger charge is -2.10. The molecule has 0 unspecified atom stereocenters. The number of hydrogen-bond acceptors (Lipinski definition) is 3. The molecule has 0 spiro atoms. The van der Waals surface area contributed by atoms with Crippen molar-refractivity contribution in [3.05, 3.63) is 59.9 Å². The number of ether oxygens (including phenoxy) is 1. The summed E-state index contributed by atoms with van der Waals surface area (Å²) in [6.45, 7) is 3.25. The van der Waals surface area contributed by atoms with Crippen LogP contribution in [0, 0.1) is 18.3 Å². The van der Waals surface area contributed by atoms with E-state index in [1.807, 2.05) is 42.5 Å². The molecule has 0 aliphatic heterocycles. The molecule has 2 aromatic carbocycles. The van der Waals surface area contributed by atoms with Crippen molar-refractivity contribution in [2.75, 3.05) is 0 Å². The number of benzene rings is 2. The number of rotatable bonds is 6. The van der Waals surface area contributed by atoms with E-state index >= 15 is 0 Å². The van der Waals surface area contributed by atoms with E-state index in [1.165, 1.54) is 5.56 Å². The van der Waals surface area contributed by atoms with Crippen LogP contribution in [0.25, 0.3) is 11.0 Å². The number of nitriles is 1. The molecular weight excluding hydrogens is 286 g/mol. The quantitative estimate of drug-likeness (QED) is 0.640. The Kier molecular flexibility index (Phi) is 4.58. The second-order valence-electron chi connectivity index (χ2n) is 5.53. The topological polar surface area (TPSA) is 50.8 Å². The maximum Gasteiger partial charge on any atom is 0.147 e. The molecule has 0 N–H and O–H groups in total. The van der Waals surface area contributed by atoms with Crippen molar-refractivity contribution in [2.45, 2.75) is 32.9 Å². The molecule has 0 aliphatic carbocycles. The second kappa shape index (κ2) is 6.97. The Balaban J connectivity index is 1.82. The minimum atomic E-state index is 0.421. The van der Waals surface area contributed by atoms with Crippen molar-refractivity contribution in [3.8, 4) is 11.8 Å². The van der Waals surface area contributed by atoms with Crippen LogP contribution in [0.15, 0.2) is 48.5 Å². The average molecular weight is 305 g/mol. The van der Waals surface area contributed by atoms with Crippen LogP contribution in [-0.4, -0.2) is 9.55 Å². The lowest BCUT2D eigenvalue weighted by molar-refractivity contribution is 0.290. The lowest BCUT2D eigenvalue weighted by Crippen LogP contribution is -2.07. The van der Waals surface area contributed by atoms with Gasteiger partial charge >= 0.3 is 0 Å². The summed E-state index contributed by atoms with van der Waals surface area (Å²) in [4.78, 5) is 4.68. The molecule has 3 aromatic rings. The van der Waals surface area contributed by atoms with Gasteiger partial charge in [-0.05, 0) is 37.6 Å². The van der Waals surface area contributed by atoms with Crippen LogP contribution in [0.3, 0.4) is 0 Å². The van der Waals surface area contributed by atoms with Gasteiger partial charge in [-0.15, -0.1) is 0 Å². The maximum absolute atomic E-state index is 8.75. The summed E-state index contributed by atoms with van der Waals surface area (Å²) in [7, 11) is 0. The van der Waals surface area contributed by atoms with Gasteiger partial charge in [-0.3, -0.25) is 0 Å². The minimum absolute atomic E-state index is 0.421. The molecule has 23 heavy (non-hydrogen) atoms. The number of unbranched alkanes of at least 4 members (excludes halogenated alkanes) is 1. The van der Waals surface area contributed by atoms with Crippen molar-refractivity contribution in [2.24, 2.45) is 0 Å². The Morgan fingerprint density at radius 1 is 1.13 bits per heavy atom. The van der Waals surface area contributed by atoms with Crippen LogP contribution in [0.1, 0.15) is 24.2 Å². The predicted octanol–water partition coefficient (Wildman–Crippen LogP) is 4.23. The van der Waals surface area contributed by atoms with Gasteiger partial charge in [0.1, 0.15) is 18.2 Å². The monoisotopic (exact) mass is 305 g/mol. The van der Waals surface area contributed by atoms with Gasteiger partial charge in [0, 0.05) is 13.0 Å². The van der Waals surface area contributed by atoms with Crippen molar-refractivity contribution in [3.63, 3.8) is 0 Å². The SMILES string of the molecule is Cc1ccc(OCc2nc3ccccc3n2CCCC#N)cc1. The van der Waals surface area contributed by atoms with E-state index in [1.54, 1.807) is 0 Å². The largest absolute Gasteiger partial charge is 0.486 e. The molecule has 0 aliphatic rings. The highest BCUT2D eigenvalue weighted by atomic mass is 16.5. The first-order valence-corrected chi connectivity index (χ1v) is 7.78. The van der Waals surface area contributed by atoms with Crippen LogP contribution in [-0.2, 0) is 13.2 Å². The molecule has 0 fully saturated rings. The van der Waals surface area contributed by atoms with Crippen molar-refractivity contribution < 1.29 is 4.74 Å². The standard InChI is InChI=1S/C19H19N3O/c1-15-8-10-16(11-9-15)23-14-19-21-17-6-2-3-7-18(17)22(19)13-5-4-12-20/h2-3,6-11H,4-5,13-14H2,1H3. The summed E-state index contributed by atoms with van der Waals surface area (Å²) in [5, 5.41) is 8.75. The Labute approximate surface area is 136 Å². The smallest absolute Gasteiger partial charge is 0.147 e. The van der Waals surface area contributed by atoms with Crippen molar-refractivity contribution in [1.82, 2.24) is 9.55 Å². The molecule has 0 atom stereocenters. The Morgan fingerprint density at radius 2 is 1.91 bits per heavy atom. The van der Waals surface area contributed by atoms with E-state index in [4.69, 9.17) is 10.00 Å². The van der Waals surface area contributed by atoms with Crippen LogP contribution in [0.5, 0.6) is 5.75 Å². The molecule has 1 heterocycles. The summed E-state index contributed by atoms with van der Waals surface area (Å²) in [5.74, 6) is 1.73. The lowest BCUT2D eigenvalue weighted by atomic mass is 10.2. The molecule has 116 valence electrons. The van der Waals surface area contributed by atoms with Gasteiger partial charge in [-0.1, -0.05) is 29.8 Å². The number of para-hydroxylation sites is 2. The van der Waals surface area contributed by atoms with E-state index in [0.29, 0.717) is 13.0 Å². The van der Waals surface area contributed by atoms with E-state index in [-0.39, 0.29) is 0 Å². The number of nitrogens with zero attached hydrogens (tertiary/aromatic N) is 3. The zero-order valence-corrected chi connectivity index (χ0v) is 13.2. The molecule has 0 bridgehead atoms. The van der Waals surface area contributed by atoms with E-state index in [9.17, 15) is 0 Å². The number of imidazole rings is 1. The fourth-order valence-electron chi connectivity index (χ4n) is 2.58. The van der Waals surface area contributed by atoms with E-state index < -0.39 is 0 Å². The zero-order chi connectivity index (χ0) is 16.1. The normalized spacial score (nSPS) is 10.6. The Bertz CT molecular complexity index is 828. The Hall–Kier alpha value is -2.80. The number of aromatic nitrogens is 2. The zero-order valence-electron chi connectivity index (χ0n) is 13.2. The fraction of sp³-hybridized carbons (Fsp3) is 0.263.